The SMILES string of the molecule is [C-]#[N+]c1ccc2c(c1)C(C)(C)c1cccc(-c3cccc(-c4nc(-c5ccccc5)nc(-c5cccc6ccccc56)n4)c3)c1-2. The Morgan fingerprint density at radius 3 is 2.00 bits per heavy atom. The third-order valence-electron chi connectivity index (χ3n) is 8.94. The fourth-order valence-electron chi connectivity index (χ4n) is 6.67. The van der Waals surface area contributed by atoms with Crippen LogP contribution in [0.4, 0.5) is 5.69 Å². The first-order valence-corrected chi connectivity index (χ1v) is 15.1. The van der Waals surface area contributed by atoms with Crippen LogP contribution in [0.2, 0.25) is 0 Å². The maximum atomic E-state index is 7.57. The molecule has 8 rings (SSSR count). The summed E-state index contributed by atoms with van der Waals surface area (Å²) in [5.74, 6) is 1.91. The first-order chi connectivity index (χ1) is 22.0. The minimum absolute atomic E-state index is 0.203. The summed E-state index contributed by atoms with van der Waals surface area (Å²) in [4.78, 5) is 18.8. The second-order valence-electron chi connectivity index (χ2n) is 12.0. The van der Waals surface area contributed by atoms with Crippen molar-refractivity contribution in [2.45, 2.75) is 19.3 Å². The van der Waals surface area contributed by atoms with Gasteiger partial charge in [0.1, 0.15) is 0 Å². The molecule has 0 unspecified atom stereocenters. The summed E-state index contributed by atoms with van der Waals surface area (Å²) in [7, 11) is 0. The molecule has 0 aliphatic heterocycles. The van der Waals surface area contributed by atoms with Crippen LogP contribution in [0.3, 0.4) is 0 Å². The lowest BCUT2D eigenvalue weighted by Crippen LogP contribution is -2.14. The summed E-state index contributed by atoms with van der Waals surface area (Å²) in [6.45, 7) is 12.1. The average molecular weight is 577 g/mol. The Labute approximate surface area is 262 Å². The maximum Gasteiger partial charge on any atom is 0.187 e. The van der Waals surface area contributed by atoms with Gasteiger partial charge in [0.25, 0.3) is 0 Å². The molecule has 6 aromatic carbocycles. The van der Waals surface area contributed by atoms with Crippen molar-refractivity contribution in [3.05, 3.63) is 156 Å². The van der Waals surface area contributed by atoms with Gasteiger partial charge in [-0.1, -0.05) is 141 Å². The van der Waals surface area contributed by atoms with Crippen LogP contribution in [0.5, 0.6) is 0 Å². The van der Waals surface area contributed by atoms with Gasteiger partial charge in [0.15, 0.2) is 23.2 Å². The molecule has 1 heterocycles. The quantitative estimate of drug-likeness (QED) is 0.196. The van der Waals surface area contributed by atoms with E-state index in [9.17, 15) is 0 Å². The molecule has 212 valence electrons. The highest BCUT2D eigenvalue weighted by molar-refractivity contribution is 5.96. The zero-order valence-electron chi connectivity index (χ0n) is 25.0. The predicted molar refractivity (Wildman–Crippen MR) is 183 cm³/mol. The lowest BCUT2D eigenvalue weighted by molar-refractivity contribution is 0.661. The molecule has 0 atom stereocenters. The van der Waals surface area contributed by atoms with Gasteiger partial charge < -0.3 is 0 Å². The van der Waals surface area contributed by atoms with Crippen molar-refractivity contribution in [3.63, 3.8) is 0 Å². The minimum Gasteiger partial charge on any atom is -0.238 e. The molecule has 0 fully saturated rings. The zero-order chi connectivity index (χ0) is 30.5. The second-order valence-corrected chi connectivity index (χ2v) is 12.0. The maximum absolute atomic E-state index is 7.57. The Bertz CT molecular complexity index is 2310. The van der Waals surface area contributed by atoms with Crippen LogP contribution in [-0.2, 0) is 5.41 Å². The predicted octanol–water partition coefficient (Wildman–Crippen LogP) is 10.5. The normalized spacial score (nSPS) is 12.8. The van der Waals surface area contributed by atoms with Crippen LogP contribution in [0, 0.1) is 6.57 Å². The van der Waals surface area contributed by atoms with E-state index in [0.717, 1.165) is 38.6 Å². The molecule has 0 N–H and O–H groups in total. The van der Waals surface area contributed by atoms with Crippen LogP contribution in [0.1, 0.15) is 25.0 Å². The van der Waals surface area contributed by atoms with E-state index in [1.165, 1.54) is 22.3 Å². The topological polar surface area (TPSA) is 43.0 Å². The number of fused-ring (bicyclic) bond motifs is 4. The van der Waals surface area contributed by atoms with E-state index < -0.39 is 0 Å². The van der Waals surface area contributed by atoms with Crippen molar-refractivity contribution in [1.82, 2.24) is 15.0 Å². The molecule has 0 saturated heterocycles. The number of aromatic nitrogens is 3. The van der Waals surface area contributed by atoms with Crippen molar-refractivity contribution in [3.8, 4) is 56.4 Å². The Kier molecular flexibility index (Phi) is 6.15. The molecule has 1 aliphatic rings. The van der Waals surface area contributed by atoms with Gasteiger partial charge in [0.2, 0.25) is 0 Å². The van der Waals surface area contributed by atoms with Gasteiger partial charge in [0.05, 0.1) is 6.57 Å². The second kappa shape index (κ2) is 10.4. The number of nitrogens with zero attached hydrogens (tertiary/aromatic N) is 4. The Balaban J connectivity index is 1.31. The van der Waals surface area contributed by atoms with Crippen molar-refractivity contribution in [2.24, 2.45) is 0 Å². The summed E-state index contributed by atoms with van der Waals surface area (Å²) in [6, 6.07) is 45.8. The highest BCUT2D eigenvalue weighted by atomic mass is 15.0. The molecule has 4 heteroatoms. The van der Waals surface area contributed by atoms with E-state index in [-0.39, 0.29) is 5.41 Å². The van der Waals surface area contributed by atoms with Crippen LogP contribution in [0.25, 0.3) is 72.0 Å². The molecule has 1 aromatic heterocycles. The van der Waals surface area contributed by atoms with E-state index in [2.05, 4.69) is 110 Å². The van der Waals surface area contributed by atoms with Gasteiger partial charge in [-0.05, 0) is 50.2 Å². The Morgan fingerprint density at radius 1 is 0.511 bits per heavy atom. The summed E-state index contributed by atoms with van der Waals surface area (Å²) in [5, 5.41) is 2.25. The van der Waals surface area contributed by atoms with Gasteiger partial charge >= 0.3 is 0 Å². The molecule has 0 bridgehead atoms. The van der Waals surface area contributed by atoms with Gasteiger partial charge in [-0.25, -0.2) is 19.8 Å². The third kappa shape index (κ3) is 4.41. The number of rotatable bonds is 4. The molecular formula is C41H28N4. The lowest BCUT2D eigenvalue weighted by atomic mass is 9.82. The van der Waals surface area contributed by atoms with Crippen LogP contribution in [-0.4, -0.2) is 15.0 Å². The van der Waals surface area contributed by atoms with E-state index in [1.807, 2.05) is 42.5 Å². The third-order valence-corrected chi connectivity index (χ3v) is 8.94. The molecule has 45 heavy (non-hydrogen) atoms. The largest absolute Gasteiger partial charge is 0.238 e. The van der Waals surface area contributed by atoms with Crippen LogP contribution < -0.4 is 0 Å². The molecule has 0 amide bonds. The average Bonchev–Trinajstić information content (AvgIpc) is 3.33. The van der Waals surface area contributed by atoms with Gasteiger partial charge in [0, 0.05) is 22.1 Å². The Hall–Kier alpha value is -5.92. The highest BCUT2D eigenvalue weighted by Crippen LogP contribution is 2.53. The number of hydrogen-bond donors (Lipinski definition) is 0. The molecule has 7 aromatic rings. The number of hydrogen-bond acceptors (Lipinski definition) is 3. The van der Waals surface area contributed by atoms with Gasteiger partial charge in [-0.2, -0.15) is 0 Å². The highest BCUT2D eigenvalue weighted by Gasteiger charge is 2.36. The molecule has 1 aliphatic carbocycles. The standard InChI is InChI=1S/C41H28N4/c1-41(2)35-21-11-19-32(37(35)34-23-22-30(42-3)25-36(34)41)28-16-9-17-29(24-28)39-43-38(27-13-5-4-6-14-27)44-40(45-39)33-20-10-15-26-12-7-8-18-31(26)33/h4-25H,1-2H3. The van der Waals surface area contributed by atoms with E-state index in [1.54, 1.807) is 0 Å². The fourth-order valence-corrected chi connectivity index (χ4v) is 6.67. The summed E-state index contributed by atoms with van der Waals surface area (Å²) in [6.07, 6.45) is 0. The molecular weight excluding hydrogens is 548 g/mol. The van der Waals surface area contributed by atoms with E-state index >= 15 is 0 Å². The summed E-state index contributed by atoms with van der Waals surface area (Å²) < 4.78 is 0. The molecule has 0 radical (unpaired) electrons. The Morgan fingerprint density at radius 2 is 1.16 bits per heavy atom. The van der Waals surface area contributed by atoms with Crippen molar-refractivity contribution < 1.29 is 0 Å². The first-order valence-electron chi connectivity index (χ1n) is 15.1. The smallest absolute Gasteiger partial charge is 0.187 e. The number of benzene rings is 6. The van der Waals surface area contributed by atoms with Crippen molar-refractivity contribution in [2.75, 3.05) is 0 Å². The minimum atomic E-state index is -0.203. The van der Waals surface area contributed by atoms with Gasteiger partial charge in [-0.3, -0.25) is 0 Å². The fraction of sp³-hybridized carbons (Fsp3) is 0.0732. The zero-order valence-corrected chi connectivity index (χ0v) is 25.0. The van der Waals surface area contributed by atoms with Crippen LogP contribution in [0.15, 0.2) is 133 Å². The van der Waals surface area contributed by atoms with Crippen molar-refractivity contribution >= 4 is 16.5 Å². The van der Waals surface area contributed by atoms with Gasteiger partial charge in [-0.15, -0.1) is 0 Å². The monoisotopic (exact) mass is 576 g/mol. The van der Waals surface area contributed by atoms with Crippen LogP contribution >= 0.6 is 0 Å². The summed E-state index contributed by atoms with van der Waals surface area (Å²) >= 11 is 0. The van der Waals surface area contributed by atoms with Crippen molar-refractivity contribution in [1.29, 1.82) is 0 Å². The van der Waals surface area contributed by atoms with E-state index in [0.29, 0.717) is 23.2 Å². The molecule has 0 spiro atoms. The lowest BCUT2D eigenvalue weighted by Gasteiger charge is -2.22. The first kappa shape index (κ1) is 26.7. The summed E-state index contributed by atoms with van der Waals surface area (Å²) in [5.41, 5.74) is 10.4. The van der Waals surface area contributed by atoms with E-state index in [4.69, 9.17) is 21.5 Å². The molecule has 0 saturated carbocycles. The molecule has 4 nitrogen and oxygen atoms in total.